The van der Waals surface area contributed by atoms with Crippen LogP contribution in [0.25, 0.3) is 0 Å². The lowest BCUT2D eigenvalue weighted by Gasteiger charge is -2.35. The second-order valence-corrected chi connectivity index (χ2v) is 3.40. The fourth-order valence-electron chi connectivity index (χ4n) is 0.432. The molecule has 0 aliphatic carbocycles. The van der Waals surface area contributed by atoms with Crippen molar-refractivity contribution >= 4 is 17.2 Å². The summed E-state index contributed by atoms with van der Waals surface area (Å²) in [6.45, 7) is 0. The zero-order valence-electron chi connectivity index (χ0n) is 4.93. The van der Waals surface area contributed by atoms with E-state index in [4.69, 9.17) is 9.11 Å². The van der Waals surface area contributed by atoms with Crippen LogP contribution in [0.1, 0.15) is 0 Å². The lowest BCUT2D eigenvalue weighted by molar-refractivity contribution is 0.429. The molecule has 0 fully saturated rings. The van der Waals surface area contributed by atoms with E-state index >= 15 is 0 Å². The lowest BCUT2D eigenvalue weighted by Crippen LogP contribution is -2.17. The van der Waals surface area contributed by atoms with Gasteiger partial charge in [-0.2, -0.15) is 0 Å². The van der Waals surface area contributed by atoms with Crippen molar-refractivity contribution in [1.29, 1.82) is 0 Å². The number of nitrogens with zero attached hydrogens (tertiary/aromatic N) is 2. The maximum Gasteiger partial charge on any atom is 0.0501 e. The van der Waals surface area contributed by atoms with Crippen molar-refractivity contribution in [2.24, 2.45) is 4.40 Å². The van der Waals surface area contributed by atoms with Crippen LogP contribution in [0, 0.1) is 0 Å². The Kier molecular flexibility index (Phi) is 1.48. The van der Waals surface area contributed by atoms with Gasteiger partial charge in [-0.25, -0.2) is 0 Å². The third-order valence-electron chi connectivity index (χ3n) is 0.971. The predicted octanol–water partition coefficient (Wildman–Crippen LogP) is 1.10. The lowest BCUT2D eigenvalue weighted by atomic mass is 10.7. The quantitative estimate of drug-likeness (QED) is 0.540. The van der Waals surface area contributed by atoms with Gasteiger partial charge in [0.25, 0.3) is 0 Å². The average Bonchev–Trinajstić information content (AvgIpc) is 1.77. The van der Waals surface area contributed by atoms with Crippen molar-refractivity contribution in [3.05, 3.63) is 12.3 Å². The van der Waals surface area contributed by atoms with Crippen LogP contribution in [0.15, 0.2) is 16.7 Å². The van der Waals surface area contributed by atoms with E-state index < -0.39 is 11.0 Å². The van der Waals surface area contributed by atoms with Gasteiger partial charge in [-0.05, 0) is 17.0 Å². The molecular formula is C4H8N2O2S. The van der Waals surface area contributed by atoms with Crippen LogP contribution in [-0.4, -0.2) is 26.7 Å². The van der Waals surface area contributed by atoms with Gasteiger partial charge < -0.3 is 0 Å². The number of hydrogen-bond acceptors (Lipinski definition) is 4. The van der Waals surface area contributed by atoms with Crippen LogP contribution < -0.4 is 0 Å². The van der Waals surface area contributed by atoms with Crippen LogP contribution in [0.4, 0.5) is 0 Å². The summed E-state index contributed by atoms with van der Waals surface area (Å²) in [4.78, 5) is 0. The normalized spacial score (nSPS) is 26.3. The molecule has 0 unspecified atom stereocenters. The van der Waals surface area contributed by atoms with Gasteiger partial charge in [0.05, 0.1) is 6.21 Å². The topological polar surface area (TPSA) is 56.1 Å². The highest BCUT2D eigenvalue weighted by atomic mass is 32.3. The molecule has 2 N–H and O–H groups in total. The van der Waals surface area contributed by atoms with E-state index in [1.807, 2.05) is 0 Å². The fourth-order valence-corrected chi connectivity index (χ4v) is 1.05. The summed E-state index contributed by atoms with van der Waals surface area (Å²) >= 11 is 0. The van der Waals surface area contributed by atoms with Gasteiger partial charge in [0.1, 0.15) is 0 Å². The first-order chi connectivity index (χ1) is 4.13. The molecule has 0 radical (unpaired) electrons. The van der Waals surface area contributed by atoms with Crippen LogP contribution in [0.2, 0.25) is 0 Å². The molecule has 52 valence electrons. The van der Waals surface area contributed by atoms with Crippen LogP contribution >= 0.6 is 11.0 Å². The number of allylic oxidation sites excluding steroid dienone is 1. The molecular weight excluding hydrogens is 140 g/mol. The Labute approximate surface area is 55.1 Å². The minimum Gasteiger partial charge on any atom is -0.263 e. The summed E-state index contributed by atoms with van der Waals surface area (Å²) in [6, 6.07) is 0. The van der Waals surface area contributed by atoms with E-state index in [9.17, 15) is 0 Å². The van der Waals surface area contributed by atoms with Gasteiger partial charge in [-0.15, -0.1) is 4.40 Å². The average molecular weight is 148 g/mol. The van der Waals surface area contributed by atoms with E-state index in [0.29, 0.717) is 0 Å². The zero-order chi connectivity index (χ0) is 6.91. The molecule has 4 nitrogen and oxygen atoms in total. The van der Waals surface area contributed by atoms with Crippen LogP contribution in [-0.2, 0) is 0 Å². The SMILES string of the molecule is CN1C=CC=NS1(O)O. The van der Waals surface area contributed by atoms with Gasteiger partial charge >= 0.3 is 0 Å². The van der Waals surface area contributed by atoms with Gasteiger partial charge in [-0.3, -0.25) is 13.4 Å². The molecule has 0 amide bonds. The van der Waals surface area contributed by atoms with Crippen molar-refractivity contribution < 1.29 is 9.11 Å². The standard InChI is InChI=1S/C4H8N2O2S/c1-6-4-2-3-5-9(6,7)8/h2-4,7-8H,1H3. The molecule has 0 bridgehead atoms. The monoisotopic (exact) mass is 148 g/mol. The molecule has 0 aromatic carbocycles. The maximum absolute atomic E-state index is 8.96. The Balaban J connectivity index is 2.78. The maximum atomic E-state index is 8.96. The Hall–Kier alpha value is -0.520. The van der Waals surface area contributed by atoms with Crippen molar-refractivity contribution in [2.45, 2.75) is 0 Å². The highest BCUT2D eigenvalue weighted by Crippen LogP contribution is 2.44. The molecule has 1 heterocycles. The second-order valence-electron chi connectivity index (χ2n) is 1.63. The molecule has 0 spiro atoms. The summed E-state index contributed by atoms with van der Waals surface area (Å²) in [5.74, 6) is 0. The Morgan fingerprint density at radius 3 is 2.56 bits per heavy atom. The van der Waals surface area contributed by atoms with Gasteiger partial charge in [-0.1, -0.05) is 0 Å². The van der Waals surface area contributed by atoms with E-state index in [0.717, 1.165) is 0 Å². The molecule has 1 rings (SSSR count). The molecule has 9 heavy (non-hydrogen) atoms. The van der Waals surface area contributed by atoms with Gasteiger partial charge in [0.15, 0.2) is 0 Å². The molecule has 0 saturated carbocycles. The smallest absolute Gasteiger partial charge is 0.0501 e. The second kappa shape index (κ2) is 2.02. The summed E-state index contributed by atoms with van der Waals surface area (Å²) in [6.07, 6.45) is 4.56. The minimum absolute atomic E-state index is 1.27. The minimum atomic E-state index is -2.85. The summed E-state index contributed by atoms with van der Waals surface area (Å²) < 4.78 is 22.6. The largest absolute Gasteiger partial charge is 0.263 e. The van der Waals surface area contributed by atoms with E-state index in [1.54, 1.807) is 19.3 Å². The Morgan fingerprint density at radius 2 is 2.22 bits per heavy atom. The third kappa shape index (κ3) is 1.24. The van der Waals surface area contributed by atoms with Crippen LogP contribution in [0.5, 0.6) is 0 Å². The Bertz CT molecular complexity index is 166. The molecule has 0 saturated heterocycles. The first kappa shape index (κ1) is 6.60. The Morgan fingerprint density at radius 1 is 1.56 bits per heavy atom. The van der Waals surface area contributed by atoms with Gasteiger partial charge in [0.2, 0.25) is 0 Å². The van der Waals surface area contributed by atoms with E-state index in [2.05, 4.69) is 4.40 Å². The first-order valence-corrected chi connectivity index (χ1v) is 3.82. The highest BCUT2D eigenvalue weighted by Gasteiger charge is 2.14. The summed E-state index contributed by atoms with van der Waals surface area (Å²) in [5, 5.41) is 0. The third-order valence-corrected chi connectivity index (χ3v) is 2.27. The fraction of sp³-hybridized carbons (Fsp3) is 0.250. The van der Waals surface area contributed by atoms with Gasteiger partial charge in [0, 0.05) is 13.2 Å². The highest BCUT2D eigenvalue weighted by molar-refractivity contribution is 8.21. The van der Waals surface area contributed by atoms with Crippen molar-refractivity contribution in [2.75, 3.05) is 7.05 Å². The predicted molar refractivity (Wildman–Crippen MR) is 38.2 cm³/mol. The van der Waals surface area contributed by atoms with E-state index in [1.165, 1.54) is 10.5 Å². The molecule has 1 aliphatic rings. The molecule has 0 atom stereocenters. The molecule has 0 aromatic rings. The summed E-state index contributed by atoms with van der Waals surface area (Å²) in [7, 11) is -1.29. The molecule has 0 aromatic heterocycles. The van der Waals surface area contributed by atoms with Crippen molar-refractivity contribution in [3.63, 3.8) is 0 Å². The number of rotatable bonds is 0. The first-order valence-electron chi connectivity index (χ1n) is 2.36. The molecule has 5 heteroatoms. The molecule has 1 aliphatic heterocycles. The zero-order valence-corrected chi connectivity index (χ0v) is 5.75. The van der Waals surface area contributed by atoms with Crippen molar-refractivity contribution in [1.82, 2.24) is 4.31 Å². The van der Waals surface area contributed by atoms with E-state index in [-0.39, 0.29) is 0 Å². The van der Waals surface area contributed by atoms with Crippen LogP contribution in [0.3, 0.4) is 0 Å². The summed E-state index contributed by atoms with van der Waals surface area (Å²) in [5.41, 5.74) is 0. The number of hydrogen-bond donors (Lipinski definition) is 2. The van der Waals surface area contributed by atoms with Crippen molar-refractivity contribution in [3.8, 4) is 0 Å².